The summed E-state index contributed by atoms with van der Waals surface area (Å²) in [6.45, 7) is 2.00. The summed E-state index contributed by atoms with van der Waals surface area (Å²) in [6, 6.07) is 9.58. The molecule has 3 aromatic rings. The Kier molecular flexibility index (Phi) is 4.83. The molecule has 116 valence electrons. The number of pyridine rings is 1. The third kappa shape index (κ3) is 4.03. The molecule has 0 aliphatic carbocycles. The van der Waals surface area contributed by atoms with Crippen molar-refractivity contribution in [3.8, 4) is 10.6 Å². The smallest absolute Gasteiger partial charge is 0.230 e. The number of nitrogens with one attached hydrogen (secondary N) is 1. The van der Waals surface area contributed by atoms with Crippen LogP contribution in [0, 0.1) is 6.92 Å². The quantitative estimate of drug-likeness (QED) is 0.718. The first-order valence-electron chi connectivity index (χ1n) is 7.02. The highest BCUT2D eigenvalue weighted by Gasteiger charge is 2.10. The predicted octanol–water partition coefficient (Wildman–Crippen LogP) is 4.46. The van der Waals surface area contributed by atoms with E-state index >= 15 is 0 Å². The van der Waals surface area contributed by atoms with Crippen LogP contribution in [0.5, 0.6) is 0 Å². The minimum Gasteiger partial charge on any atom is -0.326 e. The van der Waals surface area contributed by atoms with Gasteiger partial charge >= 0.3 is 0 Å². The molecule has 0 unspecified atom stereocenters. The molecule has 0 bridgehead atoms. The molecule has 1 amide bonds. The summed E-state index contributed by atoms with van der Waals surface area (Å²) < 4.78 is 0.975. The lowest BCUT2D eigenvalue weighted by Gasteiger charge is -2.06. The summed E-state index contributed by atoms with van der Waals surface area (Å²) in [5, 5.41) is 5.67. The van der Waals surface area contributed by atoms with Gasteiger partial charge in [-0.2, -0.15) is 0 Å². The number of thiazole rings is 1. The molecule has 1 N–H and O–H groups in total. The molecule has 0 aliphatic rings. The van der Waals surface area contributed by atoms with E-state index in [0.717, 1.165) is 32.0 Å². The Hall–Kier alpha value is -2.05. The topological polar surface area (TPSA) is 54.9 Å². The Morgan fingerprint density at radius 1 is 1.35 bits per heavy atom. The van der Waals surface area contributed by atoms with Crippen LogP contribution in [0.1, 0.15) is 11.3 Å². The molecule has 2 aromatic heterocycles. The maximum atomic E-state index is 12.1. The molecular weight excluding hydrogens is 374 g/mol. The summed E-state index contributed by atoms with van der Waals surface area (Å²) in [4.78, 5) is 20.7. The van der Waals surface area contributed by atoms with E-state index in [-0.39, 0.29) is 12.3 Å². The molecule has 0 radical (unpaired) electrons. The van der Waals surface area contributed by atoms with Crippen molar-refractivity contribution in [1.82, 2.24) is 9.97 Å². The maximum Gasteiger partial charge on any atom is 0.230 e. The predicted molar refractivity (Wildman–Crippen MR) is 96.6 cm³/mol. The SMILES string of the molecule is Cc1ccc(NC(=O)Cc2csc(-c3cccnc3)n2)cc1Br. The van der Waals surface area contributed by atoms with Crippen molar-refractivity contribution in [2.45, 2.75) is 13.3 Å². The molecule has 1 aromatic carbocycles. The summed E-state index contributed by atoms with van der Waals surface area (Å²) in [6.07, 6.45) is 3.75. The van der Waals surface area contributed by atoms with Crippen LogP contribution < -0.4 is 5.32 Å². The van der Waals surface area contributed by atoms with E-state index in [9.17, 15) is 4.79 Å². The number of benzene rings is 1. The van der Waals surface area contributed by atoms with Gasteiger partial charge < -0.3 is 5.32 Å². The Morgan fingerprint density at radius 2 is 2.22 bits per heavy atom. The van der Waals surface area contributed by atoms with Crippen LogP contribution in [0.4, 0.5) is 5.69 Å². The molecule has 23 heavy (non-hydrogen) atoms. The number of amides is 1. The molecule has 0 spiro atoms. The van der Waals surface area contributed by atoms with E-state index in [2.05, 4.69) is 31.2 Å². The average molecular weight is 388 g/mol. The average Bonchev–Trinajstić information content (AvgIpc) is 3.00. The maximum absolute atomic E-state index is 12.1. The van der Waals surface area contributed by atoms with Gasteiger partial charge in [0.1, 0.15) is 5.01 Å². The number of aryl methyl sites for hydroxylation is 1. The molecule has 0 saturated carbocycles. The van der Waals surface area contributed by atoms with Crippen molar-refractivity contribution in [2.75, 3.05) is 5.32 Å². The summed E-state index contributed by atoms with van der Waals surface area (Å²) in [5.74, 6) is -0.0798. The third-order valence-corrected chi connectivity index (χ3v) is 5.05. The van der Waals surface area contributed by atoms with Gasteiger partial charge in [-0.3, -0.25) is 9.78 Å². The van der Waals surface area contributed by atoms with Crippen molar-refractivity contribution >= 4 is 38.9 Å². The highest BCUT2D eigenvalue weighted by Crippen LogP contribution is 2.23. The fraction of sp³-hybridized carbons (Fsp3) is 0.118. The standard InChI is InChI=1S/C17H14BrN3OS/c1-11-4-5-13(7-15(11)18)20-16(22)8-14-10-23-17(21-14)12-3-2-6-19-9-12/h2-7,9-10H,8H2,1H3,(H,20,22). The number of anilines is 1. The molecule has 3 rings (SSSR count). The zero-order valence-corrected chi connectivity index (χ0v) is 14.8. The first-order chi connectivity index (χ1) is 11.1. The zero-order valence-electron chi connectivity index (χ0n) is 12.4. The van der Waals surface area contributed by atoms with Gasteiger partial charge in [0.2, 0.25) is 5.91 Å². The number of aromatic nitrogens is 2. The third-order valence-electron chi connectivity index (χ3n) is 3.26. The van der Waals surface area contributed by atoms with Crippen LogP contribution >= 0.6 is 27.3 Å². The molecular formula is C17H14BrN3OS. The number of rotatable bonds is 4. The van der Waals surface area contributed by atoms with Gasteiger partial charge in [0.25, 0.3) is 0 Å². The van der Waals surface area contributed by atoms with Crippen molar-refractivity contribution in [3.05, 3.63) is 63.8 Å². The largest absolute Gasteiger partial charge is 0.326 e. The van der Waals surface area contributed by atoms with Crippen molar-refractivity contribution < 1.29 is 4.79 Å². The second-order valence-electron chi connectivity index (χ2n) is 5.07. The summed E-state index contributed by atoms with van der Waals surface area (Å²) in [5.41, 5.74) is 3.63. The lowest BCUT2D eigenvalue weighted by Crippen LogP contribution is -2.14. The van der Waals surface area contributed by atoms with Crippen molar-refractivity contribution in [3.63, 3.8) is 0 Å². The van der Waals surface area contributed by atoms with Crippen LogP contribution in [0.2, 0.25) is 0 Å². The van der Waals surface area contributed by atoms with E-state index in [4.69, 9.17) is 0 Å². The van der Waals surface area contributed by atoms with Crippen LogP contribution in [0.3, 0.4) is 0 Å². The van der Waals surface area contributed by atoms with Gasteiger partial charge in [0, 0.05) is 33.5 Å². The van der Waals surface area contributed by atoms with Gasteiger partial charge in [-0.1, -0.05) is 22.0 Å². The lowest BCUT2D eigenvalue weighted by atomic mass is 10.2. The fourth-order valence-electron chi connectivity index (χ4n) is 2.05. The van der Waals surface area contributed by atoms with Gasteiger partial charge in [-0.15, -0.1) is 11.3 Å². The first kappa shape index (κ1) is 15.8. The van der Waals surface area contributed by atoms with Crippen LogP contribution in [-0.4, -0.2) is 15.9 Å². The molecule has 0 aliphatic heterocycles. The number of hydrogen-bond acceptors (Lipinski definition) is 4. The van der Waals surface area contributed by atoms with Gasteiger partial charge in [-0.25, -0.2) is 4.98 Å². The molecule has 4 nitrogen and oxygen atoms in total. The zero-order chi connectivity index (χ0) is 16.2. The normalized spacial score (nSPS) is 10.5. The van der Waals surface area contributed by atoms with Crippen molar-refractivity contribution in [2.24, 2.45) is 0 Å². The Morgan fingerprint density at radius 3 is 2.96 bits per heavy atom. The highest BCUT2D eigenvalue weighted by molar-refractivity contribution is 9.10. The molecule has 0 saturated heterocycles. The minimum absolute atomic E-state index is 0.0798. The van der Waals surface area contributed by atoms with E-state index in [1.807, 2.05) is 42.6 Å². The second kappa shape index (κ2) is 7.02. The van der Waals surface area contributed by atoms with Gasteiger partial charge in [0.15, 0.2) is 0 Å². The second-order valence-corrected chi connectivity index (χ2v) is 6.79. The molecule has 6 heteroatoms. The van der Waals surface area contributed by atoms with E-state index in [1.54, 1.807) is 12.4 Å². The van der Waals surface area contributed by atoms with E-state index in [1.165, 1.54) is 11.3 Å². The highest BCUT2D eigenvalue weighted by atomic mass is 79.9. The Bertz CT molecular complexity index is 833. The Labute approximate surface area is 146 Å². The summed E-state index contributed by atoms with van der Waals surface area (Å²) >= 11 is 4.98. The fourth-order valence-corrected chi connectivity index (χ4v) is 3.24. The van der Waals surface area contributed by atoms with Crippen LogP contribution in [0.15, 0.2) is 52.6 Å². The summed E-state index contributed by atoms with van der Waals surface area (Å²) in [7, 11) is 0. The Balaban J connectivity index is 1.66. The number of carbonyl (C=O) groups is 1. The number of halogens is 1. The van der Waals surface area contributed by atoms with Crippen LogP contribution in [-0.2, 0) is 11.2 Å². The first-order valence-corrected chi connectivity index (χ1v) is 8.70. The minimum atomic E-state index is -0.0798. The van der Waals surface area contributed by atoms with Crippen LogP contribution in [0.25, 0.3) is 10.6 Å². The van der Waals surface area contributed by atoms with Gasteiger partial charge in [-0.05, 0) is 36.8 Å². The number of carbonyl (C=O) groups excluding carboxylic acids is 1. The number of nitrogens with zero attached hydrogens (tertiary/aromatic N) is 2. The van der Waals surface area contributed by atoms with Crippen molar-refractivity contribution in [1.29, 1.82) is 0 Å². The lowest BCUT2D eigenvalue weighted by molar-refractivity contribution is -0.115. The number of hydrogen-bond donors (Lipinski definition) is 1. The molecule has 0 atom stereocenters. The monoisotopic (exact) mass is 387 g/mol. The van der Waals surface area contributed by atoms with E-state index < -0.39 is 0 Å². The van der Waals surface area contributed by atoms with E-state index in [0.29, 0.717) is 0 Å². The molecule has 2 heterocycles. The molecule has 0 fully saturated rings. The van der Waals surface area contributed by atoms with Gasteiger partial charge in [0.05, 0.1) is 12.1 Å².